The quantitative estimate of drug-likeness (QED) is 0.742. The van der Waals surface area contributed by atoms with Gasteiger partial charge in [-0.2, -0.15) is 0 Å². The van der Waals surface area contributed by atoms with Crippen molar-refractivity contribution in [3.8, 4) is 11.5 Å². The lowest BCUT2D eigenvalue weighted by Crippen LogP contribution is -2.22. The van der Waals surface area contributed by atoms with E-state index in [9.17, 15) is 0 Å². The van der Waals surface area contributed by atoms with Crippen LogP contribution >= 0.6 is 11.6 Å². The van der Waals surface area contributed by atoms with E-state index in [2.05, 4.69) is 31.0 Å². The second-order valence-electron chi connectivity index (χ2n) is 4.73. The van der Waals surface area contributed by atoms with Crippen LogP contribution in [0.4, 0.5) is 0 Å². The number of hydrogen-bond acceptors (Lipinski definition) is 3. The molecule has 0 radical (unpaired) electrons. The number of aryl methyl sites for hydroxylation is 1. The fourth-order valence-electron chi connectivity index (χ4n) is 2.11. The van der Waals surface area contributed by atoms with E-state index >= 15 is 0 Å². The van der Waals surface area contributed by atoms with Crippen LogP contribution < -0.4 is 9.47 Å². The zero-order chi connectivity index (χ0) is 13.0. The third-order valence-corrected chi connectivity index (χ3v) is 3.53. The SMILES string of the molecule is Cc1cc2c(cc1CCN(C)CCCCl)OCO2. The first kappa shape index (κ1) is 13.5. The van der Waals surface area contributed by atoms with Gasteiger partial charge in [-0.25, -0.2) is 0 Å². The molecule has 1 aliphatic rings. The number of ether oxygens (including phenoxy) is 2. The van der Waals surface area contributed by atoms with Crippen molar-refractivity contribution in [3.63, 3.8) is 0 Å². The molecule has 1 aromatic carbocycles. The number of benzene rings is 1. The minimum absolute atomic E-state index is 0.341. The molecule has 0 aliphatic carbocycles. The van der Waals surface area contributed by atoms with E-state index in [1.165, 1.54) is 11.1 Å². The highest BCUT2D eigenvalue weighted by molar-refractivity contribution is 6.17. The summed E-state index contributed by atoms with van der Waals surface area (Å²) in [6, 6.07) is 4.17. The van der Waals surface area contributed by atoms with Gasteiger partial charge in [0.1, 0.15) is 0 Å². The van der Waals surface area contributed by atoms with Crippen molar-refractivity contribution in [1.29, 1.82) is 0 Å². The Morgan fingerprint density at radius 2 is 1.94 bits per heavy atom. The maximum Gasteiger partial charge on any atom is 0.231 e. The highest BCUT2D eigenvalue weighted by Gasteiger charge is 2.15. The second-order valence-corrected chi connectivity index (χ2v) is 5.11. The number of fused-ring (bicyclic) bond motifs is 1. The van der Waals surface area contributed by atoms with Gasteiger partial charge in [-0.15, -0.1) is 11.6 Å². The van der Waals surface area contributed by atoms with E-state index in [-0.39, 0.29) is 0 Å². The maximum atomic E-state index is 5.69. The minimum Gasteiger partial charge on any atom is -0.454 e. The summed E-state index contributed by atoms with van der Waals surface area (Å²) >= 11 is 5.69. The van der Waals surface area contributed by atoms with Gasteiger partial charge in [0, 0.05) is 12.4 Å². The molecule has 100 valence electrons. The Hall–Kier alpha value is -0.930. The van der Waals surface area contributed by atoms with Crippen LogP contribution in [0.1, 0.15) is 17.5 Å². The molecule has 0 spiro atoms. The summed E-state index contributed by atoms with van der Waals surface area (Å²) in [7, 11) is 2.13. The van der Waals surface area contributed by atoms with Gasteiger partial charge in [0.05, 0.1) is 0 Å². The third-order valence-electron chi connectivity index (χ3n) is 3.27. The highest BCUT2D eigenvalue weighted by atomic mass is 35.5. The molecule has 0 aromatic heterocycles. The van der Waals surface area contributed by atoms with Crippen molar-refractivity contribution in [2.45, 2.75) is 19.8 Å². The summed E-state index contributed by atoms with van der Waals surface area (Å²) in [6.45, 7) is 4.55. The van der Waals surface area contributed by atoms with Crippen molar-refractivity contribution in [3.05, 3.63) is 23.3 Å². The molecule has 1 aromatic rings. The van der Waals surface area contributed by atoms with Crippen molar-refractivity contribution in [2.75, 3.05) is 32.8 Å². The van der Waals surface area contributed by atoms with Gasteiger partial charge in [0.2, 0.25) is 6.79 Å². The molecular weight excluding hydrogens is 250 g/mol. The first-order chi connectivity index (χ1) is 8.70. The molecular formula is C14H20ClNO2. The van der Waals surface area contributed by atoms with E-state index in [0.717, 1.165) is 43.3 Å². The van der Waals surface area contributed by atoms with Crippen LogP contribution in [0.15, 0.2) is 12.1 Å². The lowest BCUT2D eigenvalue weighted by atomic mass is 10.0. The molecule has 4 heteroatoms. The fourth-order valence-corrected chi connectivity index (χ4v) is 2.23. The molecule has 1 aliphatic heterocycles. The Morgan fingerprint density at radius 3 is 2.67 bits per heavy atom. The lowest BCUT2D eigenvalue weighted by molar-refractivity contribution is 0.174. The highest BCUT2D eigenvalue weighted by Crippen LogP contribution is 2.34. The number of rotatable bonds is 6. The van der Waals surface area contributed by atoms with Crippen LogP contribution in [-0.2, 0) is 6.42 Å². The molecule has 0 bridgehead atoms. The first-order valence-electron chi connectivity index (χ1n) is 6.34. The maximum absolute atomic E-state index is 5.69. The zero-order valence-electron chi connectivity index (χ0n) is 11.0. The predicted molar refractivity (Wildman–Crippen MR) is 73.8 cm³/mol. The van der Waals surface area contributed by atoms with Crippen LogP contribution in [-0.4, -0.2) is 37.7 Å². The van der Waals surface area contributed by atoms with Gasteiger partial charge in [-0.1, -0.05) is 0 Å². The van der Waals surface area contributed by atoms with Crippen LogP contribution in [0.25, 0.3) is 0 Å². The topological polar surface area (TPSA) is 21.7 Å². The summed E-state index contributed by atoms with van der Waals surface area (Å²) in [5.41, 5.74) is 2.60. The molecule has 0 N–H and O–H groups in total. The Kier molecular flexibility index (Phi) is 4.72. The van der Waals surface area contributed by atoms with Crippen LogP contribution in [0, 0.1) is 6.92 Å². The molecule has 0 atom stereocenters. The molecule has 1 heterocycles. The molecule has 0 unspecified atom stereocenters. The Bertz CT molecular complexity index is 409. The van der Waals surface area contributed by atoms with E-state index < -0.39 is 0 Å². The van der Waals surface area contributed by atoms with Gasteiger partial charge >= 0.3 is 0 Å². The number of halogens is 1. The zero-order valence-corrected chi connectivity index (χ0v) is 11.8. The summed E-state index contributed by atoms with van der Waals surface area (Å²) in [6.07, 6.45) is 2.07. The summed E-state index contributed by atoms with van der Waals surface area (Å²) in [4.78, 5) is 2.31. The second kappa shape index (κ2) is 6.30. The van der Waals surface area contributed by atoms with E-state index in [4.69, 9.17) is 21.1 Å². The van der Waals surface area contributed by atoms with Crippen molar-refractivity contribution in [1.82, 2.24) is 4.90 Å². The Morgan fingerprint density at radius 1 is 1.22 bits per heavy atom. The van der Waals surface area contributed by atoms with Crippen molar-refractivity contribution in [2.24, 2.45) is 0 Å². The summed E-state index contributed by atoms with van der Waals surface area (Å²) in [5.74, 6) is 2.47. The molecule has 0 amide bonds. The molecule has 0 fully saturated rings. The van der Waals surface area contributed by atoms with Crippen LogP contribution in [0.2, 0.25) is 0 Å². The lowest BCUT2D eigenvalue weighted by Gasteiger charge is -2.16. The van der Waals surface area contributed by atoms with E-state index in [1.807, 2.05) is 0 Å². The smallest absolute Gasteiger partial charge is 0.231 e. The fraction of sp³-hybridized carbons (Fsp3) is 0.571. The van der Waals surface area contributed by atoms with Crippen LogP contribution in [0.5, 0.6) is 11.5 Å². The summed E-state index contributed by atoms with van der Waals surface area (Å²) in [5, 5.41) is 0. The molecule has 2 rings (SSSR count). The molecule has 0 saturated heterocycles. The third kappa shape index (κ3) is 3.30. The van der Waals surface area contributed by atoms with Gasteiger partial charge in [-0.05, 0) is 56.6 Å². The van der Waals surface area contributed by atoms with Gasteiger partial charge in [0.15, 0.2) is 11.5 Å². The average molecular weight is 270 g/mol. The van der Waals surface area contributed by atoms with Crippen LogP contribution in [0.3, 0.4) is 0 Å². The van der Waals surface area contributed by atoms with Gasteiger partial charge < -0.3 is 14.4 Å². The number of hydrogen-bond donors (Lipinski definition) is 0. The van der Waals surface area contributed by atoms with E-state index in [0.29, 0.717) is 6.79 Å². The number of nitrogens with zero attached hydrogens (tertiary/aromatic N) is 1. The monoisotopic (exact) mass is 269 g/mol. The molecule has 18 heavy (non-hydrogen) atoms. The minimum atomic E-state index is 0.341. The van der Waals surface area contributed by atoms with Gasteiger partial charge in [-0.3, -0.25) is 0 Å². The largest absolute Gasteiger partial charge is 0.454 e. The molecule has 3 nitrogen and oxygen atoms in total. The Balaban J connectivity index is 1.93. The van der Waals surface area contributed by atoms with Crippen molar-refractivity contribution >= 4 is 11.6 Å². The number of alkyl halides is 1. The van der Waals surface area contributed by atoms with Gasteiger partial charge in [0.25, 0.3) is 0 Å². The Labute approximate surface area is 114 Å². The average Bonchev–Trinajstić information content (AvgIpc) is 2.80. The first-order valence-corrected chi connectivity index (χ1v) is 6.88. The predicted octanol–water partition coefficient (Wildman–Crippen LogP) is 2.83. The summed E-state index contributed by atoms with van der Waals surface area (Å²) < 4.78 is 10.8. The van der Waals surface area contributed by atoms with Crippen molar-refractivity contribution < 1.29 is 9.47 Å². The van der Waals surface area contributed by atoms with E-state index in [1.54, 1.807) is 0 Å². The molecule has 0 saturated carbocycles. The standard InChI is InChI=1S/C14H20ClNO2/c1-11-8-13-14(18-10-17-13)9-12(11)4-7-16(2)6-3-5-15/h8-9H,3-7,10H2,1-2H3. The number of likely N-dealkylation sites (N-methyl/N-ethyl adjacent to an activating group) is 1. The normalized spacial score (nSPS) is 13.3.